The first kappa shape index (κ1) is 28.2. The predicted octanol–water partition coefficient (Wildman–Crippen LogP) is 8.85. The highest BCUT2D eigenvalue weighted by Crippen LogP contribution is 2.21. The molecule has 0 bridgehead atoms. The van der Waals surface area contributed by atoms with Crippen LogP contribution in [0.4, 0.5) is 8.78 Å². The third kappa shape index (κ3) is 11.4. The van der Waals surface area contributed by atoms with Crippen molar-refractivity contribution in [3.05, 3.63) is 42.2 Å². The van der Waals surface area contributed by atoms with E-state index in [1.165, 1.54) is 56.9 Å². The van der Waals surface area contributed by atoms with Gasteiger partial charge in [0.25, 0.3) is 0 Å². The summed E-state index contributed by atoms with van der Waals surface area (Å²) in [4.78, 5) is 9.04. The van der Waals surface area contributed by atoms with Crippen molar-refractivity contribution in [1.29, 1.82) is 0 Å². The fourth-order valence-corrected chi connectivity index (χ4v) is 4.04. The van der Waals surface area contributed by atoms with Crippen molar-refractivity contribution in [3.8, 4) is 17.1 Å². The molecule has 0 fully saturated rings. The van der Waals surface area contributed by atoms with E-state index in [4.69, 9.17) is 4.74 Å². The van der Waals surface area contributed by atoms with Crippen molar-refractivity contribution < 1.29 is 13.5 Å². The zero-order valence-corrected chi connectivity index (χ0v) is 21.3. The van der Waals surface area contributed by atoms with Crippen LogP contribution in [0.2, 0.25) is 0 Å². The molecule has 2 aromatic rings. The van der Waals surface area contributed by atoms with Crippen molar-refractivity contribution >= 4 is 0 Å². The second kappa shape index (κ2) is 17.4. The summed E-state index contributed by atoms with van der Waals surface area (Å²) in [6, 6.07) is 7.46. The van der Waals surface area contributed by atoms with Gasteiger partial charge < -0.3 is 4.74 Å². The summed E-state index contributed by atoms with van der Waals surface area (Å²) in [5.74, 6) is 1.33. The maximum Gasteiger partial charge on any atom is 0.159 e. The van der Waals surface area contributed by atoms with Crippen LogP contribution in [0.1, 0.15) is 103 Å². The van der Waals surface area contributed by atoms with Gasteiger partial charge in [-0.05, 0) is 49.1 Å². The Hall–Kier alpha value is -2.04. The molecular weight excluding hydrogens is 430 g/mol. The minimum absolute atomic E-state index is 0.0679. The molecule has 190 valence electrons. The van der Waals surface area contributed by atoms with E-state index in [1.807, 2.05) is 36.7 Å². The quantitative estimate of drug-likeness (QED) is 0.191. The Morgan fingerprint density at radius 1 is 0.706 bits per heavy atom. The normalized spacial score (nSPS) is 13.1. The zero-order valence-electron chi connectivity index (χ0n) is 21.3. The lowest BCUT2D eigenvalue weighted by atomic mass is 10.1. The van der Waals surface area contributed by atoms with Crippen LogP contribution >= 0.6 is 0 Å². The number of nitrogens with zero attached hydrogens (tertiary/aromatic N) is 2. The van der Waals surface area contributed by atoms with Crippen molar-refractivity contribution in [3.63, 3.8) is 0 Å². The van der Waals surface area contributed by atoms with Crippen LogP contribution in [0.5, 0.6) is 5.75 Å². The Balaban J connectivity index is 1.67. The first-order valence-corrected chi connectivity index (χ1v) is 13.5. The van der Waals surface area contributed by atoms with E-state index in [0.717, 1.165) is 31.2 Å². The van der Waals surface area contributed by atoms with Gasteiger partial charge in [0.1, 0.15) is 18.1 Å². The monoisotopic (exact) mass is 474 g/mol. The van der Waals surface area contributed by atoms with Gasteiger partial charge in [-0.2, -0.15) is 0 Å². The van der Waals surface area contributed by atoms with Crippen LogP contribution in [0.3, 0.4) is 0 Å². The number of ether oxygens (including phenoxy) is 1. The van der Waals surface area contributed by atoms with E-state index in [-0.39, 0.29) is 13.0 Å². The van der Waals surface area contributed by atoms with Crippen molar-refractivity contribution in [2.24, 2.45) is 0 Å². The lowest BCUT2D eigenvalue weighted by molar-refractivity contribution is 0.128. The van der Waals surface area contributed by atoms with E-state index in [2.05, 4.69) is 23.8 Å². The molecule has 1 heterocycles. The fourth-order valence-electron chi connectivity index (χ4n) is 4.04. The van der Waals surface area contributed by atoms with E-state index < -0.39 is 12.3 Å². The average molecular weight is 475 g/mol. The molecule has 0 saturated carbocycles. The van der Waals surface area contributed by atoms with Crippen LogP contribution < -0.4 is 4.74 Å². The highest BCUT2D eigenvalue weighted by molar-refractivity contribution is 5.55. The number of rotatable bonds is 19. The molecule has 0 aliphatic heterocycles. The summed E-state index contributed by atoms with van der Waals surface area (Å²) in [6.07, 6.45) is 15.6. The van der Waals surface area contributed by atoms with E-state index in [9.17, 15) is 8.78 Å². The first-order valence-electron chi connectivity index (χ1n) is 13.5. The number of benzene rings is 1. The SMILES string of the molecule is CCCCCCCCCCc1cnc(-c2ccc(OCCC(F)C(F)CCCCC)cc2)nc1. The zero-order chi connectivity index (χ0) is 24.4. The largest absolute Gasteiger partial charge is 0.493 e. The number of hydrogen-bond acceptors (Lipinski definition) is 3. The Labute approximate surface area is 205 Å². The van der Waals surface area contributed by atoms with Gasteiger partial charge in [-0.3, -0.25) is 0 Å². The van der Waals surface area contributed by atoms with Gasteiger partial charge in [0, 0.05) is 24.4 Å². The van der Waals surface area contributed by atoms with Gasteiger partial charge in [-0.1, -0.05) is 78.1 Å². The molecule has 0 radical (unpaired) electrons. The third-order valence-corrected chi connectivity index (χ3v) is 6.28. The molecule has 34 heavy (non-hydrogen) atoms. The van der Waals surface area contributed by atoms with Crippen LogP contribution in [0, 0.1) is 0 Å². The highest BCUT2D eigenvalue weighted by atomic mass is 19.2. The topological polar surface area (TPSA) is 35.0 Å². The maximum absolute atomic E-state index is 13.9. The van der Waals surface area contributed by atoms with E-state index >= 15 is 0 Å². The molecule has 0 saturated heterocycles. The molecule has 0 aliphatic rings. The number of unbranched alkanes of at least 4 members (excludes halogenated alkanes) is 9. The van der Waals surface area contributed by atoms with Crippen LogP contribution in [-0.2, 0) is 6.42 Å². The molecule has 0 N–H and O–H groups in total. The molecular formula is C29H44F2N2O. The van der Waals surface area contributed by atoms with Crippen molar-refractivity contribution in [2.75, 3.05) is 6.61 Å². The van der Waals surface area contributed by atoms with Crippen molar-refractivity contribution in [1.82, 2.24) is 9.97 Å². The molecule has 1 aromatic heterocycles. The third-order valence-electron chi connectivity index (χ3n) is 6.28. The number of aromatic nitrogens is 2. The molecule has 2 unspecified atom stereocenters. The van der Waals surface area contributed by atoms with Gasteiger partial charge in [0.2, 0.25) is 0 Å². The second-order valence-corrected chi connectivity index (χ2v) is 9.33. The van der Waals surface area contributed by atoms with Gasteiger partial charge in [-0.25, -0.2) is 18.7 Å². The molecule has 1 aromatic carbocycles. The Morgan fingerprint density at radius 3 is 1.91 bits per heavy atom. The molecule has 5 heteroatoms. The molecule has 2 rings (SSSR count). The maximum atomic E-state index is 13.9. The molecule has 0 spiro atoms. The smallest absolute Gasteiger partial charge is 0.159 e. The minimum Gasteiger partial charge on any atom is -0.493 e. The Bertz CT molecular complexity index is 752. The van der Waals surface area contributed by atoms with E-state index in [1.54, 1.807) is 0 Å². The molecule has 3 nitrogen and oxygen atoms in total. The molecule has 2 atom stereocenters. The van der Waals surface area contributed by atoms with Crippen LogP contribution in [-0.4, -0.2) is 28.9 Å². The average Bonchev–Trinajstić information content (AvgIpc) is 2.86. The van der Waals surface area contributed by atoms with Crippen LogP contribution in [0.15, 0.2) is 36.7 Å². The fraction of sp³-hybridized carbons (Fsp3) is 0.655. The van der Waals surface area contributed by atoms with Gasteiger partial charge in [0.05, 0.1) is 6.61 Å². The number of hydrogen-bond donors (Lipinski definition) is 0. The minimum atomic E-state index is -1.46. The number of aryl methyl sites for hydroxylation is 1. The standard InChI is InChI=1S/C29H44F2N2O/c1-3-5-7-8-9-10-11-13-14-24-22-32-29(33-23-24)25-16-18-26(19-17-25)34-21-20-28(31)27(30)15-12-6-4-2/h16-19,22-23,27-28H,3-15,20-21H2,1-2H3. The lowest BCUT2D eigenvalue weighted by Gasteiger charge is -2.14. The second-order valence-electron chi connectivity index (χ2n) is 9.33. The summed E-state index contributed by atoms with van der Waals surface area (Å²) in [6.45, 7) is 4.47. The lowest BCUT2D eigenvalue weighted by Crippen LogP contribution is -2.20. The highest BCUT2D eigenvalue weighted by Gasteiger charge is 2.19. The van der Waals surface area contributed by atoms with E-state index in [0.29, 0.717) is 18.0 Å². The van der Waals surface area contributed by atoms with Gasteiger partial charge >= 0.3 is 0 Å². The summed E-state index contributed by atoms with van der Waals surface area (Å²) >= 11 is 0. The summed E-state index contributed by atoms with van der Waals surface area (Å²) < 4.78 is 33.4. The Morgan fingerprint density at radius 2 is 1.26 bits per heavy atom. The number of alkyl halides is 2. The Kier molecular flexibility index (Phi) is 14.4. The van der Waals surface area contributed by atoms with Crippen LogP contribution in [0.25, 0.3) is 11.4 Å². The first-order chi connectivity index (χ1) is 16.6. The predicted molar refractivity (Wildman–Crippen MR) is 138 cm³/mol. The summed E-state index contributed by atoms with van der Waals surface area (Å²) in [5.41, 5.74) is 2.09. The van der Waals surface area contributed by atoms with Gasteiger partial charge in [0.15, 0.2) is 5.82 Å². The molecule has 0 amide bonds. The number of halogens is 2. The summed E-state index contributed by atoms with van der Waals surface area (Å²) in [5, 5.41) is 0. The molecule has 0 aliphatic carbocycles. The summed E-state index contributed by atoms with van der Waals surface area (Å²) in [7, 11) is 0. The van der Waals surface area contributed by atoms with Crippen molar-refractivity contribution in [2.45, 2.75) is 116 Å². The van der Waals surface area contributed by atoms with Gasteiger partial charge in [-0.15, -0.1) is 0 Å².